The van der Waals surface area contributed by atoms with E-state index in [4.69, 9.17) is 0 Å². The molecule has 0 amide bonds. The molecule has 1 fully saturated rings. The lowest BCUT2D eigenvalue weighted by molar-refractivity contribution is 0.0225. The molecule has 2 aromatic carbocycles. The first-order valence-electron chi connectivity index (χ1n) is 9.98. The number of aromatic nitrogens is 1. The summed E-state index contributed by atoms with van der Waals surface area (Å²) in [4.78, 5) is 7.00. The van der Waals surface area contributed by atoms with Gasteiger partial charge in [-0.1, -0.05) is 48.5 Å². The minimum Gasteiger partial charge on any atom is -0.396 e. The number of likely N-dealkylation sites (tertiary alicyclic amines) is 1. The monoisotopic (exact) mass is 360 g/mol. The molecule has 1 atom stereocenters. The first-order chi connectivity index (χ1) is 13.3. The van der Waals surface area contributed by atoms with Crippen LogP contribution in [0.1, 0.15) is 30.4 Å². The van der Waals surface area contributed by atoms with Crippen LogP contribution in [0.4, 0.5) is 0 Å². The number of aliphatic hydroxyl groups is 1. The number of aryl methyl sites for hydroxylation is 1. The zero-order chi connectivity index (χ0) is 18.5. The second-order valence-corrected chi connectivity index (χ2v) is 7.95. The Morgan fingerprint density at radius 3 is 2.67 bits per heavy atom. The maximum absolute atomic E-state index is 10.2. The van der Waals surface area contributed by atoms with Crippen LogP contribution in [0.25, 0.3) is 10.9 Å². The number of pyridine rings is 1. The van der Waals surface area contributed by atoms with Crippen molar-refractivity contribution in [3.8, 4) is 0 Å². The molecule has 27 heavy (non-hydrogen) atoms. The maximum Gasteiger partial charge on any atom is 0.0705 e. The highest BCUT2D eigenvalue weighted by Crippen LogP contribution is 2.35. The number of nitrogens with zero attached hydrogens (tertiary/aromatic N) is 2. The normalized spacial score (nSPS) is 20.8. The summed E-state index contributed by atoms with van der Waals surface area (Å²) in [5.74, 6) is 0. The zero-order valence-electron chi connectivity index (χ0n) is 15.8. The van der Waals surface area contributed by atoms with Gasteiger partial charge >= 0.3 is 0 Å². The zero-order valence-corrected chi connectivity index (χ0v) is 15.8. The molecule has 3 aromatic rings. The molecule has 4 rings (SSSR count). The minimum atomic E-state index is 0.0108. The number of fused-ring (bicyclic) bond motifs is 1. The van der Waals surface area contributed by atoms with Crippen LogP contribution in [0.2, 0.25) is 0 Å². The molecule has 0 saturated carbocycles. The topological polar surface area (TPSA) is 36.4 Å². The van der Waals surface area contributed by atoms with Crippen molar-refractivity contribution in [2.45, 2.75) is 32.2 Å². The van der Waals surface area contributed by atoms with Crippen LogP contribution in [0.3, 0.4) is 0 Å². The Morgan fingerprint density at radius 2 is 1.81 bits per heavy atom. The molecule has 140 valence electrons. The number of piperidine rings is 1. The second-order valence-electron chi connectivity index (χ2n) is 7.95. The quantitative estimate of drug-likeness (QED) is 0.706. The highest BCUT2D eigenvalue weighted by molar-refractivity contribution is 5.81. The molecule has 1 N–H and O–H groups in total. The van der Waals surface area contributed by atoms with E-state index in [1.807, 2.05) is 12.3 Å². The van der Waals surface area contributed by atoms with E-state index in [0.717, 1.165) is 50.8 Å². The largest absolute Gasteiger partial charge is 0.396 e. The van der Waals surface area contributed by atoms with E-state index in [-0.39, 0.29) is 12.0 Å². The van der Waals surface area contributed by atoms with Gasteiger partial charge in [-0.2, -0.15) is 0 Å². The van der Waals surface area contributed by atoms with Crippen LogP contribution in [0, 0.1) is 5.41 Å². The molecule has 0 spiro atoms. The van der Waals surface area contributed by atoms with Gasteiger partial charge in [-0.25, -0.2) is 0 Å². The molecule has 0 radical (unpaired) electrons. The summed E-state index contributed by atoms with van der Waals surface area (Å²) in [6, 6.07) is 21.1. The van der Waals surface area contributed by atoms with Crippen LogP contribution >= 0.6 is 0 Å². The van der Waals surface area contributed by atoms with E-state index in [0.29, 0.717) is 0 Å². The van der Waals surface area contributed by atoms with Gasteiger partial charge in [0.2, 0.25) is 0 Å². The smallest absolute Gasteiger partial charge is 0.0705 e. The van der Waals surface area contributed by atoms with Crippen LogP contribution in [-0.4, -0.2) is 34.7 Å². The fourth-order valence-electron chi connectivity index (χ4n) is 4.45. The van der Waals surface area contributed by atoms with Crippen molar-refractivity contribution >= 4 is 10.9 Å². The summed E-state index contributed by atoms with van der Waals surface area (Å²) in [5.41, 5.74) is 3.76. The Labute approximate surface area is 161 Å². The van der Waals surface area contributed by atoms with Crippen molar-refractivity contribution in [1.82, 2.24) is 9.88 Å². The third-order valence-corrected chi connectivity index (χ3v) is 6.00. The van der Waals surface area contributed by atoms with E-state index < -0.39 is 0 Å². The summed E-state index contributed by atoms with van der Waals surface area (Å²) in [7, 11) is 0. The van der Waals surface area contributed by atoms with Gasteiger partial charge in [-0.3, -0.25) is 9.88 Å². The van der Waals surface area contributed by atoms with E-state index in [9.17, 15) is 5.11 Å². The maximum atomic E-state index is 10.2. The molecule has 3 heteroatoms. The molecule has 1 aliphatic heterocycles. The van der Waals surface area contributed by atoms with Crippen LogP contribution in [0.5, 0.6) is 0 Å². The van der Waals surface area contributed by atoms with Crippen LogP contribution in [-0.2, 0) is 13.0 Å². The summed E-state index contributed by atoms with van der Waals surface area (Å²) >= 11 is 0. The molecule has 1 unspecified atom stereocenters. The third kappa shape index (κ3) is 4.20. The van der Waals surface area contributed by atoms with E-state index in [1.54, 1.807) is 0 Å². The van der Waals surface area contributed by atoms with Crippen molar-refractivity contribution in [2.24, 2.45) is 5.41 Å². The number of rotatable bonds is 6. The van der Waals surface area contributed by atoms with Crippen molar-refractivity contribution < 1.29 is 5.11 Å². The number of hydrogen-bond donors (Lipinski definition) is 1. The summed E-state index contributed by atoms with van der Waals surface area (Å²) in [6.45, 7) is 3.26. The molecule has 2 heterocycles. The SMILES string of the molecule is OCC1(CCc2ccccc2)CCCN(Cc2ccnc3ccccc23)C1. The first-order valence-corrected chi connectivity index (χ1v) is 9.98. The summed E-state index contributed by atoms with van der Waals surface area (Å²) in [6.07, 6.45) is 6.26. The van der Waals surface area contributed by atoms with Gasteiger partial charge in [0.15, 0.2) is 0 Å². The van der Waals surface area contributed by atoms with Gasteiger partial charge in [-0.15, -0.1) is 0 Å². The predicted molar refractivity (Wildman–Crippen MR) is 111 cm³/mol. The van der Waals surface area contributed by atoms with Gasteiger partial charge in [0.1, 0.15) is 0 Å². The van der Waals surface area contributed by atoms with Crippen LogP contribution in [0.15, 0.2) is 66.9 Å². The number of benzene rings is 2. The molecule has 0 bridgehead atoms. The highest BCUT2D eigenvalue weighted by Gasteiger charge is 2.34. The van der Waals surface area contributed by atoms with Crippen LogP contribution < -0.4 is 0 Å². The molecular weight excluding hydrogens is 332 g/mol. The standard InChI is InChI=1S/C24H28N2O/c27-19-24(14-11-20-7-2-1-3-8-20)13-6-16-26(18-24)17-21-12-15-25-23-10-5-4-9-22(21)23/h1-5,7-10,12,15,27H,6,11,13-14,16-19H2. The molecule has 3 nitrogen and oxygen atoms in total. The van der Waals surface area contributed by atoms with Crippen molar-refractivity contribution in [3.63, 3.8) is 0 Å². The van der Waals surface area contributed by atoms with Gasteiger partial charge in [0, 0.05) is 36.7 Å². The Bertz CT molecular complexity index is 874. The Kier molecular flexibility index (Phi) is 5.51. The van der Waals surface area contributed by atoms with Crippen molar-refractivity contribution in [1.29, 1.82) is 0 Å². The van der Waals surface area contributed by atoms with E-state index in [2.05, 4.69) is 64.5 Å². The highest BCUT2D eigenvalue weighted by atomic mass is 16.3. The van der Waals surface area contributed by atoms with Crippen molar-refractivity contribution in [3.05, 3.63) is 78.0 Å². The fraction of sp³-hybridized carbons (Fsp3) is 0.375. The molecule has 1 saturated heterocycles. The summed E-state index contributed by atoms with van der Waals surface area (Å²) in [5, 5.41) is 11.5. The van der Waals surface area contributed by atoms with Gasteiger partial charge in [0.05, 0.1) is 5.52 Å². The number of hydrogen-bond acceptors (Lipinski definition) is 3. The molecule has 0 aliphatic carbocycles. The lowest BCUT2D eigenvalue weighted by Crippen LogP contribution is -2.45. The van der Waals surface area contributed by atoms with Gasteiger partial charge in [0.25, 0.3) is 0 Å². The predicted octanol–water partition coefficient (Wildman–Crippen LogP) is 4.44. The fourth-order valence-corrected chi connectivity index (χ4v) is 4.45. The molecular formula is C24H28N2O. The lowest BCUT2D eigenvalue weighted by atomic mass is 9.76. The Balaban J connectivity index is 1.47. The lowest BCUT2D eigenvalue weighted by Gasteiger charge is -2.42. The van der Waals surface area contributed by atoms with Gasteiger partial charge < -0.3 is 5.11 Å². The Morgan fingerprint density at radius 1 is 1.00 bits per heavy atom. The number of para-hydroxylation sites is 1. The molecule has 1 aliphatic rings. The third-order valence-electron chi connectivity index (χ3n) is 6.00. The average molecular weight is 361 g/mol. The van der Waals surface area contributed by atoms with E-state index >= 15 is 0 Å². The summed E-state index contributed by atoms with van der Waals surface area (Å²) < 4.78 is 0. The van der Waals surface area contributed by atoms with Crippen molar-refractivity contribution in [2.75, 3.05) is 19.7 Å². The first kappa shape index (κ1) is 18.1. The average Bonchev–Trinajstić information content (AvgIpc) is 2.74. The number of aliphatic hydroxyl groups excluding tert-OH is 1. The van der Waals surface area contributed by atoms with E-state index in [1.165, 1.54) is 16.5 Å². The van der Waals surface area contributed by atoms with Gasteiger partial charge in [-0.05, 0) is 55.5 Å². The molecule has 1 aromatic heterocycles. The second kappa shape index (κ2) is 8.20. The minimum absolute atomic E-state index is 0.0108. The Hall–Kier alpha value is -2.23.